The van der Waals surface area contributed by atoms with Gasteiger partial charge in [-0.15, -0.1) is 0 Å². The Hall–Kier alpha value is -1.36. The number of nitrogens with two attached hydrogens (primary N) is 1. The van der Waals surface area contributed by atoms with Gasteiger partial charge in [-0.1, -0.05) is 13.8 Å². The Bertz CT molecular complexity index is 699. The van der Waals surface area contributed by atoms with Crippen molar-refractivity contribution in [1.29, 1.82) is 0 Å². The van der Waals surface area contributed by atoms with E-state index in [1.807, 2.05) is 13.8 Å². The molecule has 0 aliphatic heterocycles. The zero-order valence-corrected chi connectivity index (χ0v) is 13.6. The predicted octanol–water partition coefficient (Wildman–Crippen LogP) is 0.245. The van der Waals surface area contributed by atoms with E-state index in [1.54, 1.807) is 0 Å². The lowest BCUT2D eigenvalue weighted by molar-refractivity contribution is 0.403. The Morgan fingerprint density at radius 3 is 2.33 bits per heavy atom. The summed E-state index contributed by atoms with van der Waals surface area (Å²) >= 11 is 0. The highest BCUT2D eigenvalue weighted by Crippen LogP contribution is 2.26. The Morgan fingerprint density at radius 1 is 1.24 bits per heavy atom. The van der Waals surface area contributed by atoms with Crippen molar-refractivity contribution in [2.45, 2.75) is 18.7 Å². The molecule has 0 fully saturated rings. The molecule has 0 amide bonds. The largest absolute Gasteiger partial charge is 0.495 e. The van der Waals surface area contributed by atoms with Gasteiger partial charge in [-0.3, -0.25) is 4.72 Å². The van der Waals surface area contributed by atoms with Gasteiger partial charge in [0.05, 0.1) is 12.8 Å². The molecule has 21 heavy (non-hydrogen) atoms. The maximum atomic E-state index is 11.8. The van der Waals surface area contributed by atoms with Crippen LogP contribution in [0, 0.1) is 5.92 Å². The van der Waals surface area contributed by atoms with Gasteiger partial charge >= 0.3 is 0 Å². The van der Waals surface area contributed by atoms with E-state index in [4.69, 9.17) is 9.88 Å². The van der Waals surface area contributed by atoms with Crippen LogP contribution >= 0.6 is 0 Å². The molecule has 0 saturated carbocycles. The lowest BCUT2D eigenvalue weighted by Crippen LogP contribution is -2.32. The lowest BCUT2D eigenvalue weighted by atomic mass is 10.2. The van der Waals surface area contributed by atoms with Gasteiger partial charge in [-0.05, 0) is 24.1 Å². The second kappa shape index (κ2) is 6.60. The molecule has 0 saturated heterocycles. The van der Waals surface area contributed by atoms with Crippen molar-refractivity contribution in [2.75, 3.05) is 18.4 Å². The summed E-state index contributed by atoms with van der Waals surface area (Å²) < 4.78 is 55.9. The minimum atomic E-state index is -4.03. The van der Waals surface area contributed by atoms with E-state index in [9.17, 15) is 16.8 Å². The number of sulfonamides is 1. The summed E-state index contributed by atoms with van der Waals surface area (Å²) in [5.41, 5.74) is 0.0658. The molecule has 0 bridgehead atoms. The molecule has 10 heteroatoms. The molecule has 8 nitrogen and oxygen atoms in total. The summed E-state index contributed by atoms with van der Waals surface area (Å²) in [6, 6.07) is 3.80. The maximum absolute atomic E-state index is 11.8. The van der Waals surface area contributed by atoms with Crippen LogP contribution in [-0.4, -0.2) is 30.5 Å². The average molecular weight is 337 g/mol. The molecule has 0 atom stereocenters. The van der Waals surface area contributed by atoms with Crippen molar-refractivity contribution in [1.82, 2.24) is 4.72 Å². The number of anilines is 1. The van der Waals surface area contributed by atoms with Gasteiger partial charge in [-0.2, -0.15) is 13.1 Å². The second-order valence-corrected chi connectivity index (χ2v) is 7.79. The first-order valence-electron chi connectivity index (χ1n) is 6.03. The third kappa shape index (κ3) is 5.50. The van der Waals surface area contributed by atoms with Crippen LogP contribution in [-0.2, 0) is 20.2 Å². The Balaban J connectivity index is 3.06. The standard InChI is InChI=1S/C11H19N3O5S2/c1-8(2)7-13-21(17,18)14-9-4-5-10(19-3)11(6-9)20(12,15)16/h4-6,8,13-14H,7H2,1-3H3,(H2,12,15,16). The van der Waals surface area contributed by atoms with Crippen LogP contribution in [0.1, 0.15) is 13.8 Å². The van der Waals surface area contributed by atoms with Crippen LogP contribution in [0.25, 0.3) is 0 Å². The molecule has 0 radical (unpaired) electrons. The van der Waals surface area contributed by atoms with Gasteiger partial charge < -0.3 is 4.74 Å². The molecular formula is C11H19N3O5S2. The number of primary sulfonamides is 1. The summed E-state index contributed by atoms with van der Waals surface area (Å²) in [4.78, 5) is -0.297. The Labute approximate surface area is 124 Å². The normalized spacial score (nSPS) is 12.4. The van der Waals surface area contributed by atoms with E-state index in [0.717, 1.165) is 6.07 Å². The van der Waals surface area contributed by atoms with Crippen LogP contribution in [0.15, 0.2) is 23.1 Å². The molecular weight excluding hydrogens is 318 g/mol. The number of rotatable bonds is 7. The van der Waals surface area contributed by atoms with Crippen LogP contribution in [0.5, 0.6) is 5.75 Å². The van der Waals surface area contributed by atoms with Crippen LogP contribution in [0.3, 0.4) is 0 Å². The fourth-order valence-corrected chi connectivity index (χ4v) is 3.22. The molecule has 0 heterocycles. The lowest BCUT2D eigenvalue weighted by Gasteiger charge is -2.13. The third-order valence-corrected chi connectivity index (χ3v) is 4.39. The quantitative estimate of drug-likeness (QED) is 0.657. The van der Waals surface area contributed by atoms with Crippen molar-refractivity contribution in [3.63, 3.8) is 0 Å². The molecule has 0 aromatic heterocycles. The Morgan fingerprint density at radius 2 is 1.86 bits per heavy atom. The van der Waals surface area contributed by atoms with Gasteiger partial charge in [0, 0.05) is 6.54 Å². The van der Waals surface area contributed by atoms with Crippen molar-refractivity contribution < 1.29 is 21.6 Å². The molecule has 0 aliphatic rings. The first-order chi connectivity index (χ1) is 9.55. The van der Waals surface area contributed by atoms with E-state index in [0.29, 0.717) is 0 Å². The van der Waals surface area contributed by atoms with E-state index in [-0.39, 0.29) is 28.8 Å². The number of hydrogen-bond donors (Lipinski definition) is 3. The topological polar surface area (TPSA) is 128 Å². The smallest absolute Gasteiger partial charge is 0.299 e. The molecule has 1 aromatic carbocycles. The average Bonchev–Trinajstić information content (AvgIpc) is 2.35. The second-order valence-electron chi connectivity index (χ2n) is 4.76. The highest BCUT2D eigenvalue weighted by molar-refractivity contribution is 7.90. The zero-order valence-electron chi connectivity index (χ0n) is 12.0. The minimum absolute atomic E-state index is 0.0376. The Kier molecular flexibility index (Phi) is 5.56. The fraction of sp³-hybridized carbons (Fsp3) is 0.455. The minimum Gasteiger partial charge on any atom is -0.495 e. The summed E-state index contributed by atoms with van der Waals surface area (Å²) in [7, 11) is -6.53. The van der Waals surface area contributed by atoms with Crippen LogP contribution < -0.4 is 19.3 Å². The maximum Gasteiger partial charge on any atom is 0.299 e. The summed E-state index contributed by atoms with van der Waals surface area (Å²) in [5, 5.41) is 5.06. The van der Waals surface area contributed by atoms with E-state index < -0.39 is 20.2 Å². The van der Waals surface area contributed by atoms with Gasteiger partial charge in [0.25, 0.3) is 10.2 Å². The number of hydrogen-bond acceptors (Lipinski definition) is 5. The van der Waals surface area contributed by atoms with Gasteiger partial charge in [0.2, 0.25) is 10.0 Å². The van der Waals surface area contributed by atoms with Gasteiger partial charge in [0.15, 0.2) is 0 Å². The molecule has 1 aromatic rings. The molecule has 0 spiro atoms. The first kappa shape index (κ1) is 17.7. The monoisotopic (exact) mass is 337 g/mol. The zero-order chi connectivity index (χ0) is 16.3. The number of methoxy groups -OCH3 is 1. The SMILES string of the molecule is COc1ccc(NS(=O)(=O)NCC(C)C)cc1S(N)(=O)=O. The highest BCUT2D eigenvalue weighted by Gasteiger charge is 2.17. The number of benzene rings is 1. The van der Waals surface area contributed by atoms with Gasteiger partial charge in [-0.25, -0.2) is 13.6 Å². The van der Waals surface area contributed by atoms with E-state index >= 15 is 0 Å². The predicted molar refractivity (Wildman–Crippen MR) is 79.8 cm³/mol. The number of ether oxygens (including phenoxy) is 1. The molecule has 120 valence electrons. The van der Waals surface area contributed by atoms with Crippen molar-refractivity contribution in [3.05, 3.63) is 18.2 Å². The third-order valence-electron chi connectivity index (χ3n) is 2.40. The van der Waals surface area contributed by atoms with Crippen LogP contribution in [0.4, 0.5) is 5.69 Å². The summed E-state index contributed by atoms with van der Waals surface area (Å²) in [5.74, 6) is 0.174. The molecule has 0 unspecified atom stereocenters. The summed E-state index contributed by atoms with van der Waals surface area (Å²) in [6.45, 7) is 3.97. The molecule has 4 N–H and O–H groups in total. The first-order valence-corrected chi connectivity index (χ1v) is 9.06. The molecule has 0 aliphatic carbocycles. The fourth-order valence-electron chi connectivity index (χ4n) is 1.43. The highest BCUT2D eigenvalue weighted by atomic mass is 32.2. The van der Waals surface area contributed by atoms with Crippen molar-refractivity contribution in [2.24, 2.45) is 11.1 Å². The molecule has 1 rings (SSSR count). The van der Waals surface area contributed by atoms with Crippen molar-refractivity contribution in [3.8, 4) is 5.75 Å². The van der Waals surface area contributed by atoms with Crippen LogP contribution in [0.2, 0.25) is 0 Å². The van der Waals surface area contributed by atoms with Crippen molar-refractivity contribution >= 4 is 25.9 Å². The van der Waals surface area contributed by atoms with Gasteiger partial charge in [0.1, 0.15) is 10.6 Å². The number of nitrogens with one attached hydrogen (secondary N) is 2. The van der Waals surface area contributed by atoms with E-state index in [1.165, 1.54) is 19.2 Å². The summed E-state index contributed by atoms with van der Waals surface area (Å²) in [6.07, 6.45) is 0. The van der Waals surface area contributed by atoms with E-state index in [2.05, 4.69) is 9.44 Å².